The number of nitrogens with two attached hydrogens (primary N) is 1. The van der Waals surface area contributed by atoms with Crippen molar-refractivity contribution in [3.63, 3.8) is 0 Å². The second kappa shape index (κ2) is 11.3. The Balaban J connectivity index is 0.00000261. The van der Waals surface area contributed by atoms with Gasteiger partial charge in [0.25, 0.3) is 0 Å². The third-order valence-electron chi connectivity index (χ3n) is 4.89. The summed E-state index contributed by atoms with van der Waals surface area (Å²) in [5.74, 6) is 0.555. The van der Waals surface area contributed by atoms with Crippen LogP contribution in [-0.4, -0.2) is 68.7 Å². The molecule has 1 unspecified atom stereocenters. The molecule has 1 amide bonds. The summed E-state index contributed by atoms with van der Waals surface area (Å²) in [4.78, 5) is 20.9. The molecule has 0 aliphatic carbocycles. The Labute approximate surface area is 178 Å². The van der Waals surface area contributed by atoms with Crippen molar-refractivity contribution in [3.05, 3.63) is 30.3 Å². The third kappa shape index (κ3) is 6.84. The van der Waals surface area contributed by atoms with E-state index >= 15 is 0 Å². The minimum Gasteiger partial charge on any atom is -0.376 e. The van der Waals surface area contributed by atoms with E-state index in [2.05, 4.69) is 27.3 Å². The number of carbonyl (C=O) groups excluding carboxylic acids is 1. The highest BCUT2D eigenvalue weighted by Crippen LogP contribution is 2.15. The second-order valence-corrected chi connectivity index (χ2v) is 6.74. The first-order valence-corrected chi connectivity index (χ1v) is 9.45. The highest BCUT2D eigenvalue weighted by atomic mass is 127. The maximum atomic E-state index is 12.4. The van der Waals surface area contributed by atoms with Gasteiger partial charge in [-0.1, -0.05) is 18.2 Å². The van der Waals surface area contributed by atoms with Gasteiger partial charge in [-0.25, -0.2) is 0 Å². The Morgan fingerprint density at radius 1 is 1.22 bits per heavy atom. The van der Waals surface area contributed by atoms with Gasteiger partial charge < -0.3 is 25.6 Å². The van der Waals surface area contributed by atoms with E-state index in [4.69, 9.17) is 10.5 Å². The number of halogens is 1. The largest absolute Gasteiger partial charge is 0.376 e. The Kier molecular flexibility index (Phi) is 9.12. The van der Waals surface area contributed by atoms with Crippen LogP contribution in [0.15, 0.2) is 35.3 Å². The maximum Gasteiger partial charge on any atom is 0.224 e. The second-order valence-electron chi connectivity index (χ2n) is 6.74. The molecule has 0 aromatic heterocycles. The molecule has 0 radical (unpaired) electrons. The SMILES string of the molecule is I.NC(=NCC1CCCO1)NCCC(=O)N1CCN(c2ccccc2)CC1. The van der Waals surface area contributed by atoms with Crippen molar-refractivity contribution in [2.24, 2.45) is 10.7 Å². The molecule has 7 nitrogen and oxygen atoms in total. The number of piperazine rings is 1. The molecule has 3 N–H and O–H groups in total. The summed E-state index contributed by atoms with van der Waals surface area (Å²) < 4.78 is 5.51. The number of nitrogens with zero attached hydrogens (tertiary/aromatic N) is 3. The van der Waals surface area contributed by atoms with Crippen molar-refractivity contribution in [3.8, 4) is 0 Å². The Hall–Kier alpha value is -1.55. The number of nitrogens with one attached hydrogen (secondary N) is 1. The molecular formula is C19H30IN5O2. The number of anilines is 1. The number of hydrogen-bond donors (Lipinski definition) is 2. The lowest BCUT2D eigenvalue weighted by atomic mass is 10.2. The van der Waals surface area contributed by atoms with Gasteiger partial charge >= 0.3 is 0 Å². The van der Waals surface area contributed by atoms with Crippen molar-refractivity contribution in [2.75, 3.05) is 50.8 Å². The first-order valence-electron chi connectivity index (χ1n) is 9.45. The molecule has 0 spiro atoms. The molecule has 0 bridgehead atoms. The number of para-hydroxylation sites is 1. The first kappa shape index (κ1) is 21.7. The average Bonchev–Trinajstić information content (AvgIpc) is 3.21. The summed E-state index contributed by atoms with van der Waals surface area (Å²) in [5.41, 5.74) is 7.07. The van der Waals surface area contributed by atoms with Crippen LogP contribution in [0.1, 0.15) is 19.3 Å². The molecule has 1 aromatic rings. The molecule has 3 rings (SSSR count). The molecule has 27 heavy (non-hydrogen) atoms. The number of rotatable bonds is 6. The topological polar surface area (TPSA) is 83.2 Å². The van der Waals surface area contributed by atoms with Crippen LogP contribution >= 0.6 is 24.0 Å². The lowest BCUT2D eigenvalue weighted by Gasteiger charge is -2.36. The fourth-order valence-electron chi connectivity index (χ4n) is 3.35. The number of amides is 1. The van der Waals surface area contributed by atoms with Crippen molar-refractivity contribution in [1.29, 1.82) is 0 Å². The van der Waals surface area contributed by atoms with Crippen molar-refractivity contribution in [1.82, 2.24) is 10.2 Å². The number of benzene rings is 1. The van der Waals surface area contributed by atoms with Crippen LogP contribution in [0.4, 0.5) is 5.69 Å². The van der Waals surface area contributed by atoms with Crippen LogP contribution in [0, 0.1) is 0 Å². The molecule has 0 saturated carbocycles. The number of ether oxygens (including phenoxy) is 1. The Morgan fingerprint density at radius 2 is 1.96 bits per heavy atom. The monoisotopic (exact) mass is 487 g/mol. The number of hydrogen-bond acceptors (Lipinski definition) is 4. The van der Waals surface area contributed by atoms with E-state index in [1.54, 1.807) is 0 Å². The molecule has 150 valence electrons. The molecule has 1 atom stereocenters. The van der Waals surface area contributed by atoms with Gasteiger partial charge in [-0.15, -0.1) is 24.0 Å². The van der Waals surface area contributed by atoms with Gasteiger partial charge in [0, 0.05) is 51.4 Å². The lowest BCUT2D eigenvalue weighted by Crippen LogP contribution is -2.49. The molecule has 2 heterocycles. The molecule has 1 aromatic carbocycles. The number of aliphatic imine (C=N–C) groups is 1. The fraction of sp³-hybridized carbons (Fsp3) is 0.579. The minimum atomic E-state index is 0. The number of guanidine groups is 1. The Morgan fingerprint density at radius 3 is 2.63 bits per heavy atom. The zero-order valence-electron chi connectivity index (χ0n) is 15.7. The molecule has 2 aliphatic rings. The van der Waals surface area contributed by atoms with Crippen LogP contribution < -0.4 is 16.0 Å². The van der Waals surface area contributed by atoms with Gasteiger partial charge in [-0.3, -0.25) is 9.79 Å². The van der Waals surface area contributed by atoms with E-state index in [-0.39, 0.29) is 36.0 Å². The fourth-order valence-corrected chi connectivity index (χ4v) is 3.35. The van der Waals surface area contributed by atoms with E-state index < -0.39 is 0 Å². The van der Waals surface area contributed by atoms with Crippen LogP contribution in [0.25, 0.3) is 0 Å². The minimum absolute atomic E-state index is 0. The molecule has 2 saturated heterocycles. The molecular weight excluding hydrogens is 457 g/mol. The summed E-state index contributed by atoms with van der Waals surface area (Å²) in [6.45, 7) is 5.18. The molecule has 8 heteroatoms. The average molecular weight is 487 g/mol. The third-order valence-corrected chi connectivity index (χ3v) is 4.89. The van der Waals surface area contributed by atoms with Gasteiger partial charge in [-0.05, 0) is 25.0 Å². The highest BCUT2D eigenvalue weighted by molar-refractivity contribution is 14.0. The van der Waals surface area contributed by atoms with Crippen LogP contribution in [0.2, 0.25) is 0 Å². The number of carbonyl (C=O) groups is 1. The summed E-state index contributed by atoms with van der Waals surface area (Å²) in [6.07, 6.45) is 2.77. The van der Waals surface area contributed by atoms with Gasteiger partial charge in [0.15, 0.2) is 5.96 Å². The quantitative estimate of drug-likeness (QED) is 0.361. The van der Waals surface area contributed by atoms with Crippen molar-refractivity contribution in [2.45, 2.75) is 25.4 Å². The van der Waals surface area contributed by atoms with Gasteiger partial charge in [0.2, 0.25) is 5.91 Å². The van der Waals surface area contributed by atoms with Crippen molar-refractivity contribution >= 4 is 41.5 Å². The normalized spacial score (nSPS) is 20.3. The van der Waals surface area contributed by atoms with Gasteiger partial charge in [0.05, 0.1) is 12.6 Å². The standard InChI is InChI=1S/C19H29N5O2.HI/c20-19(22-15-17-7-4-14-26-17)21-9-8-18(25)24-12-10-23(11-13-24)16-5-2-1-3-6-16;/h1-3,5-6,17H,4,7-15H2,(H3,20,21,22);1H. The lowest BCUT2D eigenvalue weighted by molar-refractivity contribution is -0.131. The maximum absolute atomic E-state index is 12.4. The zero-order valence-corrected chi connectivity index (χ0v) is 18.0. The van der Waals surface area contributed by atoms with E-state index in [1.165, 1.54) is 5.69 Å². The summed E-state index contributed by atoms with van der Waals surface area (Å²) >= 11 is 0. The predicted molar refractivity (Wildman–Crippen MR) is 119 cm³/mol. The zero-order chi connectivity index (χ0) is 18.2. The Bertz CT molecular complexity index is 599. The summed E-state index contributed by atoms with van der Waals surface area (Å²) in [7, 11) is 0. The van der Waals surface area contributed by atoms with E-state index in [0.717, 1.165) is 45.6 Å². The van der Waals surface area contributed by atoms with E-state index in [0.29, 0.717) is 25.5 Å². The highest BCUT2D eigenvalue weighted by Gasteiger charge is 2.21. The summed E-state index contributed by atoms with van der Waals surface area (Å²) in [6, 6.07) is 10.3. The molecule has 2 fully saturated rings. The smallest absolute Gasteiger partial charge is 0.224 e. The van der Waals surface area contributed by atoms with Gasteiger partial charge in [-0.2, -0.15) is 0 Å². The van der Waals surface area contributed by atoms with Crippen LogP contribution in [0.5, 0.6) is 0 Å². The van der Waals surface area contributed by atoms with Gasteiger partial charge in [0.1, 0.15) is 0 Å². The predicted octanol–water partition coefficient (Wildman–Crippen LogP) is 1.43. The molecule has 2 aliphatic heterocycles. The summed E-state index contributed by atoms with van der Waals surface area (Å²) in [5, 5.41) is 3.03. The first-order chi connectivity index (χ1) is 12.7. The van der Waals surface area contributed by atoms with E-state index in [1.807, 2.05) is 23.1 Å². The van der Waals surface area contributed by atoms with E-state index in [9.17, 15) is 4.79 Å². The van der Waals surface area contributed by atoms with Crippen LogP contribution in [0.3, 0.4) is 0 Å². The van der Waals surface area contributed by atoms with Crippen LogP contribution in [-0.2, 0) is 9.53 Å². The van der Waals surface area contributed by atoms with Crippen molar-refractivity contribution < 1.29 is 9.53 Å².